The molecule has 0 bridgehead atoms. The third-order valence-corrected chi connectivity index (χ3v) is 4.92. The van der Waals surface area contributed by atoms with Crippen molar-refractivity contribution in [1.82, 2.24) is 0 Å². The van der Waals surface area contributed by atoms with Gasteiger partial charge < -0.3 is 0 Å². The predicted octanol–water partition coefficient (Wildman–Crippen LogP) is 1.64. The largest absolute Gasteiger partial charge is 0.235 e. The Hall–Kier alpha value is -1.52. The molecule has 0 radical (unpaired) electrons. The molecule has 0 saturated carbocycles. The summed E-state index contributed by atoms with van der Waals surface area (Å²) in [6, 6.07) is 5.19. The van der Waals surface area contributed by atoms with Crippen LogP contribution < -0.4 is 0 Å². The minimum Gasteiger partial charge on any atom is -0.229 e. The number of sulfone groups is 1. The minimum atomic E-state index is -3.09. The van der Waals surface area contributed by atoms with Crippen LogP contribution >= 0.6 is 0 Å². The molecule has 2 atom stereocenters. The third kappa shape index (κ3) is 2.66. The van der Waals surface area contributed by atoms with Gasteiger partial charge in [-0.15, -0.1) is 0 Å². The highest BCUT2D eigenvalue weighted by Gasteiger charge is 2.35. The lowest BCUT2D eigenvalue weighted by molar-refractivity contribution is 0.455. The topological polar surface area (TPSA) is 63.6 Å². The Kier molecular flexibility index (Phi) is 3.59. The van der Waals surface area contributed by atoms with Crippen LogP contribution in [0.1, 0.15) is 18.0 Å². The van der Waals surface area contributed by atoms with Crippen LogP contribution in [0.15, 0.2) is 29.3 Å². The van der Waals surface area contributed by atoms with Gasteiger partial charge in [0.2, 0.25) is 6.08 Å². The Balaban J connectivity index is 2.36. The van der Waals surface area contributed by atoms with Crippen LogP contribution in [-0.2, 0) is 14.6 Å². The van der Waals surface area contributed by atoms with E-state index in [0.717, 1.165) is 0 Å². The molecule has 1 heterocycles. The van der Waals surface area contributed by atoms with E-state index >= 15 is 0 Å². The molecule has 1 aromatic carbocycles. The van der Waals surface area contributed by atoms with Crippen molar-refractivity contribution in [3.8, 4) is 0 Å². The van der Waals surface area contributed by atoms with Crippen molar-refractivity contribution < 1.29 is 17.6 Å². The van der Waals surface area contributed by atoms with E-state index in [4.69, 9.17) is 0 Å². The van der Waals surface area contributed by atoms with E-state index in [1.54, 1.807) is 6.07 Å². The maximum atomic E-state index is 13.7. The predicted molar refractivity (Wildman–Crippen MR) is 64.0 cm³/mol. The quantitative estimate of drug-likeness (QED) is 0.619. The number of rotatable bonds is 3. The number of benzene rings is 1. The molecule has 0 aromatic heterocycles. The van der Waals surface area contributed by atoms with Crippen LogP contribution in [0.2, 0.25) is 0 Å². The maximum Gasteiger partial charge on any atom is 0.235 e. The molecule has 1 fully saturated rings. The number of aliphatic imine (C=N–C) groups is 1. The molecular formula is C12H12FNO3S. The molecule has 18 heavy (non-hydrogen) atoms. The maximum absolute atomic E-state index is 13.7. The first-order chi connectivity index (χ1) is 8.53. The number of isocyanates is 1. The lowest BCUT2D eigenvalue weighted by atomic mass is 9.93. The van der Waals surface area contributed by atoms with Crippen LogP contribution in [0.3, 0.4) is 0 Å². The van der Waals surface area contributed by atoms with E-state index in [1.807, 2.05) is 0 Å². The van der Waals surface area contributed by atoms with Gasteiger partial charge in [-0.3, -0.25) is 0 Å². The zero-order valence-corrected chi connectivity index (χ0v) is 10.4. The number of carbonyl (C=O) groups excluding carboxylic acids is 1. The van der Waals surface area contributed by atoms with Crippen molar-refractivity contribution in [2.75, 3.05) is 11.5 Å². The van der Waals surface area contributed by atoms with Gasteiger partial charge in [-0.2, -0.15) is 4.99 Å². The average molecular weight is 269 g/mol. The second-order valence-corrected chi connectivity index (χ2v) is 6.58. The molecule has 96 valence electrons. The second kappa shape index (κ2) is 5.00. The number of halogens is 1. The number of nitrogens with zero attached hydrogens (tertiary/aromatic N) is 1. The van der Waals surface area contributed by atoms with Gasteiger partial charge in [0.1, 0.15) is 5.82 Å². The minimum absolute atomic E-state index is 0.0584. The molecule has 1 aromatic rings. The monoisotopic (exact) mass is 269 g/mol. The van der Waals surface area contributed by atoms with Crippen molar-refractivity contribution >= 4 is 15.9 Å². The SMILES string of the molecule is O=C=NC(c1ccccc1F)C1CCS(=O)(=O)C1. The van der Waals surface area contributed by atoms with Crippen LogP contribution in [0.25, 0.3) is 0 Å². The number of hydrogen-bond donors (Lipinski definition) is 0. The number of hydrogen-bond acceptors (Lipinski definition) is 4. The van der Waals surface area contributed by atoms with Crippen molar-refractivity contribution in [2.45, 2.75) is 12.5 Å². The third-order valence-electron chi connectivity index (χ3n) is 3.13. The summed E-state index contributed by atoms with van der Waals surface area (Å²) in [5.74, 6) is -0.826. The second-order valence-electron chi connectivity index (χ2n) is 4.35. The van der Waals surface area contributed by atoms with Crippen LogP contribution in [0.5, 0.6) is 0 Å². The molecule has 0 spiro atoms. The van der Waals surface area contributed by atoms with Gasteiger partial charge >= 0.3 is 0 Å². The summed E-state index contributed by atoms with van der Waals surface area (Å²) in [6.45, 7) is 0. The molecule has 2 unspecified atom stereocenters. The Morgan fingerprint density at radius 3 is 2.67 bits per heavy atom. The first-order valence-electron chi connectivity index (χ1n) is 5.55. The Morgan fingerprint density at radius 2 is 2.11 bits per heavy atom. The molecule has 1 aliphatic heterocycles. The van der Waals surface area contributed by atoms with Gasteiger partial charge in [0.25, 0.3) is 0 Å². The molecule has 1 saturated heterocycles. The van der Waals surface area contributed by atoms with Gasteiger partial charge in [-0.25, -0.2) is 17.6 Å². The Bertz CT molecular complexity index is 593. The summed E-state index contributed by atoms with van der Waals surface area (Å²) >= 11 is 0. The summed E-state index contributed by atoms with van der Waals surface area (Å²) in [4.78, 5) is 14.0. The van der Waals surface area contributed by atoms with Crippen molar-refractivity contribution in [3.63, 3.8) is 0 Å². The summed E-state index contributed by atoms with van der Waals surface area (Å²) in [5.41, 5.74) is 0.253. The highest BCUT2D eigenvalue weighted by molar-refractivity contribution is 7.91. The van der Waals surface area contributed by atoms with Crippen molar-refractivity contribution in [3.05, 3.63) is 35.6 Å². The van der Waals surface area contributed by atoms with E-state index in [1.165, 1.54) is 24.3 Å². The Labute approximate surface area is 104 Å². The van der Waals surface area contributed by atoms with Gasteiger partial charge in [-0.1, -0.05) is 18.2 Å². The first-order valence-corrected chi connectivity index (χ1v) is 7.37. The zero-order valence-electron chi connectivity index (χ0n) is 9.54. The fourth-order valence-corrected chi connectivity index (χ4v) is 4.10. The Morgan fingerprint density at radius 1 is 1.39 bits per heavy atom. The van der Waals surface area contributed by atoms with Crippen molar-refractivity contribution in [2.24, 2.45) is 10.9 Å². The molecular weight excluding hydrogens is 257 g/mol. The fourth-order valence-electron chi connectivity index (χ4n) is 2.27. The van der Waals surface area contributed by atoms with E-state index in [-0.39, 0.29) is 23.0 Å². The molecule has 0 aliphatic carbocycles. The van der Waals surface area contributed by atoms with E-state index < -0.39 is 21.7 Å². The molecule has 4 nitrogen and oxygen atoms in total. The van der Waals surface area contributed by atoms with Gasteiger partial charge in [0, 0.05) is 11.5 Å². The lowest BCUT2D eigenvalue weighted by Gasteiger charge is -2.17. The summed E-state index contributed by atoms with van der Waals surface area (Å²) in [7, 11) is -3.09. The smallest absolute Gasteiger partial charge is 0.229 e. The summed E-state index contributed by atoms with van der Waals surface area (Å²) < 4.78 is 36.5. The standard InChI is InChI=1S/C12H12FNO3S/c13-11-4-2-1-3-10(11)12(14-8-15)9-5-6-18(16,17)7-9/h1-4,9,12H,5-7H2. The first kappa shape index (κ1) is 12.9. The van der Waals surface area contributed by atoms with E-state index in [0.29, 0.717) is 6.42 Å². The highest BCUT2D eigenvalue weighted by Crippen LogP contribution is 2.35. The molecule has 0 amide bonds. The van der Waals surface area contributed by atoms with Gasteiger partial charge in [0.05, 0.1) is 17.5 Å². The lowest BCUT2D eigenvalue weighted by Crippen LogP contribution is -2.14. The van der Waals surface area contributed by atoms with Crippen LogP contribution in [0.4, 0.5) is 4.39 Å². The highest BCUT2D eigenvalue weighted by atomic mass is 32.2. The fraction of sp³-hybridized carbons (Fsp3) is 0.417. The van der Waals surface area contributed by atoms with Crippen LogP contribution in [0, 0.1) is 11.7 Å². The molecule has 1 aliphatic rings. The average Bonchev–Trinajstić information content (AvgIpc) is 2.68. The van der Waals surface area contributed by atoms with E-state index in [2.05, 4.69) is 4.99 Å². The van der Waals surface area contributed by atoms with Gasteiger partial charge in [0.15, 0.2) is 9.84 Å². The van der Waals surface area contributed by atoms with Crippen molar-refractivity contribution in [1.29, 1.82) is 0 Å². The molecule has 6 heteroatoms. The molecule has 2 rings (SSSR count). The molecule has 0 N–H and O–H groups in total. The van der Waals surface area contributed by atoms with Crippen LogP contribution in [-0.4, -0.2) is 26.0 Å². The summed E-state index contributed by atoms with van der Waals surface area (Å²) in [6.07, 6.45) is 1.81. The van der Waals surface area contributed by atoms with Gasteiger partial charge in [-0.05, 0) is 12.5 Å². The van der Waals surface area contributed by atoms with E-state index in [9.17, 15) is 17.6 Å². The normalized spacial score (nSPS) is 23.3. The zero-order chi connectivity index (χ0) is 13.2. The summed E-state index contributed by atoms with van der Waals surface area (Å²) in [5, 5.41) is 0.